The lowest BCUT2D eigenvalue weighted by molar-refractivity contribution is 0.109. The second kappa shape index (κ2) is 8.71. The molecule has 0 radical (unpaired) electrons. The fourth-order valence-corrected chi connectivity index (χ4v) is 3.51. The molecule has 4 rings (SSSR count). The van der Waals surface area contributed by atoms with Crippen molar-refractivity contribution in [2.24, 2.45) is 0 Å². The molecular weight excluding hydrogens is 352 g/mol. The number of amides is 2. The number of nitrogens with zero attached hydrogens (tertiary/aromatic N) is 2. The topological polar surface area (TPSA) is 68.2 Å². The predicted octanol–water partition coefficient (Wildman–Crippen LogP) is 3.04. The number of carbonyl (C=O) groups excluding carboxylic acids is 1. The normalized spacial score (nSPS) is 13.2. The first kappa shape index (κ1) is 18.3. The van der Waals surface area contributed by atoms with E-state index in [-0.39, 0.29) is 12.1 Å². The number of urea groups is 1. The fraction of sp³-hybridized carbons (Fsp3) is 0.273. The number of carbonyl (C=O) groups is 1. The van der Waals surface area contributed by atoms with E-state index in [4.69, 9.17) is 4.74 Å². The number of hydrogen-bond donors (Lipinski definition) is 2. The van der Waals surface area contributed by atoms with Crippen LogP contribution >= 0.6 is 0 Å². The molecule has 2 N–H and O–H groups in total. The van der Waals surface area contributed by atoms with E-state index in [0.717, 1.165) is 29.7 Å². The minimum absolute atomic E-state index is 0.193. The zero-order chi connectivity index (χ0) is 19.2. The summed E-state index contributed by atoms with van der Waals surface area (Å²) in [5.74, 6) is 0. The molecule has 0 fully saturated rings. The maximum absolute atomic E-state index is 12.5. The molecule has 0 unspecified atom stereocenters. The van der Waals surface area contributed by atoms with Gasteiger partial charge in [0.2, 0.25) is 0 Å². The first-order chi connectivity index (χ1) is 13.8. The van der Waals surface area contributed by atoms with Gasteiger partial charge >= 0.3 is 6.03 Å². The molecule has 0 spiro atoms. The highest BCUT2D eigenvalue weighted by Gasteiger charge is 2.17. The summed E-state index contributed by atoms with van der Waals surface area (Å²) in [5, 5.41) is 10.5. The van der Waals surface area contributed by atoms with Gasteiger partial charge in [0.1, 0.15) is 0 Å². The smallest absolute Gasteiger partial charge is 0.315 e. The van der Waals surface area contributed by atoms with Crippen molar-refractivity contribution in [2.45, 2.75) is 25.6 Å². The highest BCUT2D eigenvalue weighted by atomic mass is 16.5. The Morgan fingerprint density at radius 3 is 2.43 bits per heavy atom. The number of aromatic nitrogens is 2. The number of nitrogens with one attached hydrogen (secondary N) is 2. The van der Waals surface area contributed by atoms with Crippen LogP contribution < -0.4 is 10.6 Å². The van der Waals surface area contributed by atoms with E-state index < -0.39 is 0 Å². The lowest BCUT2D eigenvalue weighted by Gasteiger charge is -2.20. The largest absolute Gasteiger partial charge is 0.376 e. The molecule has 1 aliphatic rings. The Kier molecular flexibility index (Phi) is 5.68. The Labute approximate surface area is 164 Å². The lowest BCUT2D eigenvalue weighted by Crippen LogP contribution is -2.40. The number of rotatable bonds is 6. The Bertz CT molecular complexity index is 869. The minimum atomic E-state index is -0.197. The number of benzene rings is 2. The third kappa shape index (κ3) is 4.23. The van der Waals surface area contributed by atoms with E-state index in [2.05, 4.69) is 15.7 Å². The SMILES string of the molecule is O=C(NCCn1ncc2c1CCOC2)NC(c1ccccc1)c1ccccc1. The summed E-state index contributed by atoms with van der Waals surface area (Å²) < 4.78 is 7.41. The third-order valence-corrected chi connectivity index (χ3v) is 4.93. The van der Waals surface area contributed by atoms with E-state index in [1.54, 1.807) is 0 Å². The summed E-state index contributed by atoms with van der Waals surface area (Å²) in [6.45, 7) is 2.50. The standard InChI is InChI=1S/C22H24N4O2/c27-22(23-12-13-26-20-11-14-28-16-19(20)15-24-26)25-21(17-7-3-1-4-8-17)18-9-5-2-6-10-18/h1-10,15,21H,11-14,16H2,(H2,23,25,27). The van der Waals surface area contributed by atoms with Gasteiger partial charge in [0.05, 0.1) is 32.0 Å². The van der Waals surface area contributed by atoms with Crippen molar-refractivity contribution in [3.63, 3.8) is 0 Å². The molecule has 1 aliphatic heterocycles. The van der Waals surface area contributed by atoms with Crippen LogP contribution in [-0.4, -0.2) is 29.0 Å². The van der Waals surface area contributed by atoms with Gasteiger partial charge in [0, 0.05) is 24.2 Å². The maximum Gasteiger partial charge on any atom is 0.315 e. The van der Waals surface area contributed by atoms with E-state index in [1.165, 1.54) is 5.69 Å². The molecule has 0 atom stereocenters. The van der Waals surface area contributed by atoms with Crippen molar-refractivity contribution in [1.82, 2.24) is 20.4 Å². The number of hydrogen-bond acceptors (Lipinski definition) is 3. The average molecular weight is 376 g/mol. The van der Waals surface area contributed by atoms with Crippen LogP contribution in [0.1, 0.15) is 28.4 Å². The van der Waals surface area contributed by atoms with Crippen LogP contribution in [0, 0.1) is 0 Å². The molecule has 0 saturated carbocycles. The quantitative estimate of drug-likeness (QED) is 0.695. The summed E-state index contributed by atoms with van der Waals surface area (Å²) in [5.41, 5.74) is 4.44. The Hall–Kier alpha value is -3.12. The van der Waals surface area contributed by atoms with Crippen molar-refractivity contribution in [3.8, 4) is 0 Å². The average Bonchev–Trinajstić information content (AvgIpc) is 3.16. The third-order valence-electron chi connectivity index (χ3n) is 4.93. The summed E-state index contributed by atoms with van der Waals surface area (Å²) >= 11 is 0. The van der Waals surface area contributed by atoms with Crippen LogP contribution in [0.15, 0.2) is 66.9 Å². The first-order valence-corrected chi connectivity index (χ1v) is 9.57. The first-order valence-electron chi connectivity index (χ1n) is 9.57. The zero-order valence-electron chi connectivity index (χ0n) is 15.7. The Morgan fingerprint density at radius 1 is 1.07 bits per heavy atom. The van der Waals surface area contributed by atoms with Crippen molar-refractivity contribution < 1.29 is 9.53 Å². The minimum Gasteiger partial charge on any atom is -0.376 e. The van der Waals surface area contributed by atoms with Crippen LogP contribution in [0.5, 0.6) is 0 Å². The summed E-state index contributed by atoms with van der Waals surface area (Å²) in [6, 6.07) is 19.6. The maximum atomic E-state index is 12.5. The molecule has 2 amide bonds. The molecule has 0 aliphatic carbocycles. The molecule has 28 heavy (non-hydrogen) atoms. The van der Waals surface area contributed by atoms with Gasteiger partial charge < -0.3 is 15.4 Å². The van der Waals surface area contributed by atoms with Crippen molar-refractivity contribution in [2.75, 3.05) is 13.2 Å². The van der Waals surface area contributed by atoms with Gasteiger partial charge in [0.15, 0.2) is 0 Å². The zero-order valence-corrected chi connectivity index (χ0v) is 15.7. The second-order valence-corrected chi connectivity index (χ2v) is 6.80. The highest BCUT2D eigenvalue weighted by molar-refractivity contribution is 5.75. The lowest BCUT2D eigenvalue weighted by atomic mass is 9.99. The molecule has 1 aromatic heterocycles. The Morgan fingerprint density at radius 2 is 1.75 bits per heavy atom. The van der Waals surface area contributed by atoms with E-state index in [0.29, 0.717) is 19.7 Å². The van der Waals surface area contributed by atoms with E-state index >= 15 is 0 Å². The number of fused-ring (bicyclic) bond motifs is 1. The van der Waals surface area contributed by atoms with Crippen LogP contribution in [-0.2, 0) is 24.3 Å². The van der Waals surface area contributed by atoms with Gasteiger partial charge in [-0.3, -0.25) is 4.68 Å². The van der Waals surface area contributed by atoms with Crippen molar-refractivity contribution in [1.29, 1.82) is 0 Å². The highest BCUT2D eigenvalue weighted by Crippen LogP contribution is 2.21. The van der Waals surface area contributed by atoms with Crippen LogP contribution in [0.2, 0.25) is 0 Å². The summed E-state index contributed by atoms with van der Waals surface area (Å²) in [7, 11) is 0. The van der Waals surface area contributed by atoms with Gasteiger partial charge in [-0.1, -0.05) is 60.7 Å². The van der Waals surface area contributed by atoms with E-state index in [9.17, 15) is 4.79 Å². The van der Waals surface area contributed by atoms with Gasteiger partial charge in [0.25, 0.3) is 0 Å². The van der Waals surface area contributed by atoms with Gasteiger partial charge in [-0.2, -0.15) is 5.10 Å². The van der Waals surface area contributed by atoms with Crippen molar-refractivity contribution >= 4 is 6.03 Å². The molecular formula is C22H24N4O2. The molecule has 3 aromatic rings. The fourth-order valence-electron chi connectivity index (χ4n) is 3.51. The summed E-state index contributed by atoms with van der Waals surface area (Å²) in [4.78, 5) is 12.5. The molecule has 0 bridgehead atoms. The van der Waals surface area contributed by atoms with Crippen LogP contribution in [0.3, 0.4) is 0 Å². The van der Waals surface area contributed by atoms with Crippen LogP contribution in [0.4, 0.5) is 4.79 Å². The molecule has 0 saturated heterocycles. The monoisotopic (exact) mass is 376 g/mol. The van der Waals surface area contributed by atoms with Gasteiger partial charge in [-0.15, -0.1) is 0 Å². The summed E-state index contributed by atoms with van der Waals surface area (Å²) in [6.07, 6.45) is 2.72. The van der Waals surface area contributed by atoms with Gasteiger partial charge in [-0.25, -0.2) is 4.79 Å². The molecule has 6 heteroatoms. The van der Waals surface area contributed by atoms with Gasteiger partial charge in [-0.05, 0) is 11.1 Å². The molecule has 2 aromatic carbocycles. The molecule has 144 valence electrons. The van der Waals surface area contributed by atoms with E-state index in [1.807, 2.05) is 71.5 Å². The molecule has 2 heterocycles. The predicted molar refractivity (Wildman–Crippen MR) is 107 cm³/mol. The molecule has 6 nitrogen and oxygen atoms in total. The Balaban J connectivity index is 1.38. The van der Waals surface area contributed by atoms with Crippen molar-refractivity contribution in [3.05, 3.63) is 89.2 Å². The van der Waals surface area contributed by atoms with Crippen LogP contribution in [0.25, 0.3) is 0 Å². The second-order valence-electron chi connectivity index (χ2n) is 6.80. The number of ether oxygens (including phenoxy) is 1.